The quantitative estimate of drug-likeness (QED) is 0.307. The number of aliphatic hydroxyl groups is 1. The van der Waals surface area contributed by atoms with Crippen LogP contribution < -0.4 is 0 Å². The first-order chi connectivity index (χ1) is 18.3. The van der Waals surface area contributed by atoms with E-state index in [1.54, 1.807) is 4.90 Å². The molecule has 1 aliphatic heterocycles. The number of carbonyl (C=O) groups excluding carboxylic acids is 1. The van der Waals surface area contributed by atoms with E-state index in [0.717, 1.165) is 22.4 Å². The standard InChI is InChI=1S/C32H34N2O4/c1-23(35)38-30(31(36)34-29(22-37-32(34,2)3)20-24-10-6-4-7-11-24)27-18-19-33(21-27)28-16-14-26(15-17-28)25-12-8-5-9-13-25/h4-19,21,23,29-30,35H,20,22H2,1-3H3. The van der Waals surface area contributed by atoms with E-state index in [9.17, 15) is 9.90 Å². The normalized spacial score (nSPS) is 18.3. The summed E-state index contributed by atoms with van der Waals surface area (Å²) in [6.07, 6.45) is 2.38. The molecule has 1 aliphatic rings. The van der Waals surface area contributed by atoms with Gasteiger partial charge in [0.25, 0.3) is 5.91 Å². The molecule has 6 heteroatoms. The highest BCUT2D eigenvalue weighted by Gasteiger charge is 2.46. The van der Waals surface area contributed by atoms with Gasteiger partial charge in [0.1, 0.15) is 5.72 Å². The van der Waals surface area contributed by atoms with E-state index >= 15 is 0 Å². The van der Waals surface area contributed by atoms with E-state index < -0.39 is 18.1 Å². The van der Waals surface area contributed by atoms with Crippen LogP contribution in [0.15, 0.2) is 103 Å². The van der Waals surface area contributed by atoms with E-state index in [4.69, 9.17) is 9.47 Å². The molecule has 0 aliphatic carbocycles. The van der Waals surface area contributed by atoms with Crippen molar-refractivity contribution in [3.8, 4) is 16.8 Å². The van der Waals surface area contributed by atoms with Crippen LogP contribution in [0.3, 0.4) is 0 Å². The second-order valence-corrected chi connectivity index (χ2v) is 10.2. The van der Waals surface area contributed by atoms with Gasteiger partial charge in [-0.15, -0.1) is 0 Å². The highest BCUT2D eigenvalue weighted by atomic mass is 16.6. The molecule has 1 saturated heterocycles. The van der Waals surface area contributed by atoms with Crippen LogP contribution in [-0.2, 0) is 20.7 Å². The Morgan fingerprint density at radius 3 is 2.26 bits per heavy atom. The third-order valence-electron chi connectivity index (χ3n) is 6.97. The molecule has 6 nitrogen and oxygen atoms in total. The number of benzene rings is 3. The minimum Gasteiger partial charge on any atom is -0.368 e. The highest BCUT2D eigenvalue weighted by molar-refractivity contribution is 5.83. The van der Waals surface area contributed by atoms with Gasteiger partial charge in [-0.1, -0.05) is 72.8 Å². The number of amides is 1. The SMILES string of the molecule is CC(O)OC(C(=O)N1C(Cc2ccccc2)COC1(C)C)c1ccn(-c2ccc(-c3ccccc3)cc2)c1. The van der Waals surface area contributed by atoms with Crippen LogP contribution in [0, 0.1) is 0 Å². The lowest BCUT2D eigenvalue weighted by molar-refractivity contribution is -0.178. The van der Waals surface area contributed by atoms with Gasteiger partial charge in [-0.3, -0.25) is 4.79 Å². The van der Waals surface area contributed by atoms with Gasteiger partial charge in [0.2, 0.25) is 0 Å². The lowest BCUT2D eigenvalue weighted by Crippen LogP contribution is -2.51. The predicted octanol–water partition coefficient (Wildman–Crippen LogP) is 5.75. The zero-order valence-electron chi connectivity index (χ0n) is 22.0. The summed E-state index contributed by atoms with van der Waals surface area (Å²) in [6.45, 7) is 5.75. The van der Waals surface area contributed by atoms with Crippen molar-refractivity contribution in [1.82, 2.24) is 9.47 Å². The lowest BCUT2D eigenvalue weighted by Gasteiger charge is -2.36. The minimum absolute atomic E-state index is 0.146. The third kappa shape index (κ3) is 5.58. The fraction of sp³-hybridized carbons (Fsp3) is 0.281. The van der Waals surface area contributed by atoms with Crippen molar-refractivity contribution in [2.24, 2.45) is 0 Å². The van der Waals surface area contributed by atoms with Crippen LogP contribution in [0.4, 0.5) is 0 Å². The fourth-order valence-electron chi connectivity index (χ4n) is 5.15. The van der Waals surface area contributed by atoms with E-state index in [2.05, 4.69) is 36.4 Å². The summed E-state index contributed by atoms with van der Waals surface area (Å²) >= 11 is 0. The van der Waals surface area contributed by atoms with E-state index in [1.165, 1.54) is 6.92 Å². The number of rotatable bonds is 8. The summed E-state index contributed by atoms with van der Waals surface area (Å²) in [6, 6.07) is 30.3. The Morgan fingerprint density at radius 2 is 1.61 bits per heavy atom. The van der Waals surface area contributed by atoms with Crippen molar-refractivity contribution in [1.29, 1.82) is 0 Å². The molecular formula is C32H34N2O4. The Bertz CT molecular complexity index is 1350. The summed E-state index contributed by atoms with van der Waals surface area (Å²) in [7, 11) is 0. The molecule has 3 aromatic carbocycles. The first-order valence-electron chi connectivity index (χ1n) is 13.0. The van der Waals surface area contributed by atoms with Crippen LogP contribution in [0.25, 0.3) is 16.8 Å². The van der Waals surface area contributed by atoms with Crippen LogP contribution in [0.5, 0.6) is 0 Å². The van der Waals surface area contributed by atoms with Gasteiger partial charge in [0.05, 0.1) is 12.6 Å². The van der Waals surface area contributed by atoms with Crippen molar-refractivity contribution in [3.05, 3.63) is 115 Å². The Morgan fingerprint density at radius 1 is 0.974 bits per heavy atom. The summed E-state index contributed by atoms with van der Waals surface area (Å²) in [5.74, 6) is -0.230. The van der Waals surface area contributed by atoms with Gasteiger partial charge in [0.15, 0.2) is 12.4 Å². The fourth-order valence-corrected chi connectivity index (χ4v) is 5.15. The number of hydrogen-bond acceptors (Lipinski definition) is 4. The van der Waals surface area contributed by atoms with Crippen LogP contribution in [0.2, 0.25) is 0 Å². The summed E-state index contributed by atoms with van der Waals surface area (Å²) in [5.41, 5.74) is 4.26. The number of aliphatic hydroxyl groups excluding tert-OH is 1. The zero-order chi connectivity index (χ0) is 26.7. The first kappa shape index (κ1) is 25.9. The van der Waals surface area contributed by atoms with Gasteiger partial charge >= 0.3 is 0 Å². The Kier molecular flexibility index (Phi) is 7.47. The molecule has 0 radical (unpaired) electrons. The number of aromatic nitrogens is 1. The van der Waals surface area contributed by atoms with Crippen molar-refractivity contribution in [2.45, 2.75) is 51.4 Å². The monoisotopic (exact) mass is 510 g/mol. The van der Waals surface area contributed by atoms with Crippen molar-refractivity contribution in [2.75, 3.05) is 6.61 Å². The molecule has 5 rings (SSSR count). The second kappa shape index (κ2) is 11.0. The maximum Gasteiger partial charge on any atom is 0.259 e. The molecule has 1 fully saturated rings. The maximum absolute atomic E-state index is 14.0. The summed E-state index contributed by atoms with van der Waals surface area (Å²) in [5, 5.41) is 10.1. The maximum atomic E-state index is 14.0. The topological polar surface area (TPSA) is 63.9 Å². The molecule has 1 amide bonds. The van der Waals surface area contributed by atoms with Crippen LogP contribution in [0.1, 0.15) is 38.0 Å². The summed E-state index contributed by atoms with van der Waals surface area (Å²) < 4.78 is 13.8. The molecule has 4 aromatic rings. The van der Waals surface area contributed by atoms with E-state index in [-0.39, 0.29) is 11.9 Å². The lowest BCUT2D eigenvalue weighted by atomic mass is 10.0. The second-order valence-electron chi connectivity index (χ2n) is 10.2. The van der Waals surface area contributed by atoms with Gasteiger partial charge in [0, 0.05) is 23.6 Å². The summed E-state index contributed by atoms with van der Waals surface area (Å²) in [4.78, 5) is 15.8. The molecule has 1 aromatic heterocycles. The molecule has 0 saturated carbocycles. The Labute approximate surface area is 224 Å². The molecule has 38 heavy (non-hydrogen) atoms. The predicted molar refractivity (Wildman–Crippen MR) is 148 cm³/mol. The first-order valence-corrected chi connectivity index (χ1v) is 13.0. The number of nitrogens with zero attached hydrogens (tertiary/aromatic N) is 2. The van der Waals surface area contributed by atoms with Crippen LogP contribution >= 0.6 is 0 Å². The molecule has 2 heterocycles. The van der Waals surface area contributed by atoms with Gasteiger partial charge < -0.3 is 24.0 Å². The molecule has 3 unspecified atom stereocenters. The smallest absolute Gasteiger partial charge is 0.259 e. The molecule has 0 bridgehead atoms. The number of hydrogen-bond donors (Lipinski definition) is 1. The highest BCUT2D eigenvalue weighted by Crippen LogP contribution is 2.34. The van der Waals surface area contributed by atoms with Crippen molar-refractivity contribution < 1.29 is 19.4 Å². The zero-order valence-corrected chi connectivity index (χ0v) is 22.0. The Hall–Kier alpha value is -3.71. The molecule has 0 spiro atoms. The Balaban J connectivity index is 1.40. The van der Waals surface area contributed by atoms with Crippen LogP contribution in [-0.4, -0.2) is 45.1 Å². The average molecular weight is 511 g/mol. The molecule has 196 valence electrons. The van der Waals surface area contributed by atoms with Gasteiger partial charge in [-0.2, -0.15) is 0 Å². The number of ether oxygens (including phenoxy) is 2. The average Bonchev–Trinajstić information content (AvgIpc) is 3.52. The largest absolute Gasteiger partial charge is 0.368 e. The van der Waals surface area contributed by atoms with Crippen molar-refractivity contribution >= 4 is 5.91 Å². The van der Waals surface area contributed by atoms with E-state index in [0.29, 0.717) is 18.6 Å². The van der Waals surface area contributed by atoms with Crippen molar-refractivity contribution in [3.63, 3.8) is 0 Å². The molecule has 3 atom stereocenters. The minimum atomic E-state index is -1.11. The van der Waals surface area contributed by atoms with Gasteiger partial charge in [-0.05, 0) is 62.1 Å². The molecule has 1 N–H and O–H groups in total. The number of carbonyl (C=O) groups is 1. The third-order valence-corrected chi connectivity index (χ3v) is 6.97. The molecular weight excluding hydrogens is 476 g/mol. The van der Waals surface area contributed by atoms with Gasteiger partial charge in [-0.25, -0.2) is 0 Å². The van der Waals surface area contributed by atoms with E-state index in [1.807, 2.05) is 85.4 Å².